The van der Waals surface area contributed by atoms with Gasteiger partial charge in [0.2, 0.25) is 0 Å². The van der Waals surface area contributed by atoms with Crippen molar-refractivity contribution in [2.45, 2.75) is 5.16 Å². The molecule has 0 saturated carbocycles. The van der Waals surface area contributed by atoms with E-state index in [-0.39, 0.29) is 17.3 Å². The van der Waals surface area contributed by atoms with Gasteiger partial charge in [-0.15, -0.1) is 10.2 Å². The van der Waals surface area contributed by atoms with Crippen LogP contribution in [0.1, 0.15) is 5.56 Å². The lowest BCUT2D eigenvalue weighted by atomic mass is 10.2. The lowest BCUT2D eigenvalue weighted by Gasteiger charge is -2.12. The van der Waals surface area contributed by atoms with E-state index in [1.807, 2.05) is 47.0 Å². The van der Waals surface area contributed by atoms with E-state index in [9.17, 15) is 14.9 Å². The SMILES string of the molecule is COc1ccc(-c2nnc(SCC(=O)NN=CC=Cc3ccccc3[N+](=O)[O-])n2-c2ccccc2)cc1OC. The molecule has 198 valence electrons. The molecule has 0 bridgehead atoms. The fourth-order valence-electron chi connectivity index (χ4n) is 3.59. The summed E-state index contributed by atoms with van der Waals surface area (Å²) in [5, 5.41) is 24.2. The Morgan fingerprint density at radius 1 is 1.05 bits per heavy atom. The number of allylic oxidation sites excluding steroid dienone is 1. The van der Waals surface area contributed by atoms with E-state index in [4.69, 9.17) is 9.47 Å². The van der Waals surface area contributed by atoms with E-state index in [1.54, 1.807) is 44.6 Å². The van der Waals surface area contributed by atoms with Gasteiger partial charge in [-0.3, -0.25) is 19.5 Å². The van der Waals surface area contributed by atoms with Crippen LogP contribution in [0.4, 0.5) is 5.69 Å². The second-order valence-corrected chi connectivity index (χ2v) is 8.77. The number of hydrazone groups is 1. The van der Waals surface area contributed by atoms with E-state index in [0.29, 0.717) is 28.0 Å². The molecule has 1 N–H and O–H groups in total. The maximum Gasteiger partial charge on any atom is 0.276 e. The Hall–Kier alpha value is -4.97. The number of nitro groups is 1. The summed E-state index contributed by atoms with van der Waals surface area (Å²) in [6, 6.07) is 21.4. The number of amides is 1. The van der Waals surface area contributed by atoms with Crippen molar-refractivity contribution in [1.82, 2.24) is 20.2 Å². The van der Waals surface area contributed by atoms with Crippen LogP contribution in [0.5, 0.6) is 11.5 Å². The number of hydrogen-bond donors (Lipinski definition) is 1. The minimum atomic E-state index is -0.458. The highest BCUT2D eigenvalue weighted by molar-refractivity contribution is 7.99. The Kier molecular flexibility index (Phi) is 9.03. The first-order chi connectivity index (χ1) is 19.0. The number of aromatic nitrogens is 3. The van der Waals surface area contributed by atoms with Gasteiger partial charge in [0.05, 0.1) is 30.5 Å². The third kappa shape index (κ3) is 6.67. The van der Waals surface area contributed by atoms with Gasteiger partial charge in [-0.05, 0) is 48.6 Å². The molecule has 0 aliphatic carbocycles. The summed E-state index contributed by atoms with van der Waals surface area (Å²) < 4.78 is 12.6. The molecule has 4 aromatic rings. The highest BCUT2D eigenvalue weighted by Crippen LogP contribution is 2.34. The van der Waals surface area contributed by atoms with Gasteiger partial charge in [0.25, 0.3) is 11.6 Å². The molecule has 12 heteroatoms. The van der Waals surface area contributed by atoms with Gasteiger partial charge in [-0.1, -0.05) is 42.1 Å². The Labute approximate surface area is 228 Å². The molecule has 1 heterocycles. The topological polar surface area (TPSA) is 134 Å². The third-order valence-electron chi connectivity index (χ3n) is 5.38. The second-order valence-electron chi connectivity index (χ2n) is 7.82. The summed E-state index contributed by atoms with van der Waals surface area (Å²) in [4.78, 5) is 23.1. The van der Waals surface area contributed by atoms with Crippen molar-refractivity contribution < 1.29 is 19.2 Å². The summed E-state index contributed by atoms with van der Waals surface area (Å²) in [7, 11) is 3.13. The summed E-state index contributed by atoms with van der Waals surface area (Å²) in [5.41, 5.74) is 4.44. The number of ether oxygens (including phenoxy) is 2. The van der Waals surface area contributed by atoms with Gasteiger partial charge in [0, 0.05) is 23.5 Å². The molecule has 1 amide bonds. The van der Waals surface area contributed by atoms with Crippen LogP contribution in [0.2, 0.25) is 0 Å². The zero-order valence-electron chi connectivity index (χ0n) is 21.1. The van der Waals surface area contributed by atoms with Crippen molar-refractivity contribution >= 4 is 35.6 Å². The number of benzene rings is 3. The van der Waals surface area contributed by atoms with Crippen LogP contribution >= 0.6 is 11.8 Å². The molecular weight excluding hydrogens is 520 g/mol. The first kappa shape index (κ1) is 27.1. The van der Waals surface area contributed by atoms with E-state index in [0.717, 1.165) is 11.3 Å². The number of nitrogens with zero attached hydrogens (tertiary/aromatic N) is 5. The van der Waals surface area contributed by atoms with Gasteiger partial charge in [-0.2, -0.15) is 5.10 Å². The lowest BCUT2D eigenvalue weighted by Crippen LogP contribution is -2.19. The quantitative estimate of drug-likeness (QED) is 0.124. The Balaban J connectivity index is 1.46. The largest absolute Gasteiger partial charge is 0.493 e. The number of thioether (sulfide) groups is 1. The smallest absolute Gasteiger partial charge is 0.276 e. The van der Waals surface area contributed by atoms with Crippen LogP contribution in [0, 0.1) is 10.1 Å². The summed E-state index contributed by atoms with van der Waals surface area (Å²) in [6.07, 6.45) is 4.40. The average Bonchev–Trinajstić information content (AvgIpc) is 3.40. The standard InChI is InChI=1S/C27H24N6O5S/c1-37-23-15-14-20(17-24(23)38-2)26-30-31-27(32(26)21-11-4-3-5-12-21)39-18-25(34)29-28-16-8-10-19-9-6-7-13-22(19)33(35)36/h3-17H,18H2,1-2H3,(H,29,34). The molecule has 0 fully saturated rings. The highest BCUT2D eigenvalue weighted by atomic mass is 32.2. The summed E-state index contributed by atoms with van der Waals surface area (Å²) >= 11 is 1.20. The summed E-state index contributed by atoms with van der Waals surface area (Å²) in [5.74, 6) is 1.40. The van der Waals surface area contributed by atoms with Crippen molar-refractivity contribution in [3.05, 3.63) is 94.6 Å². The minimum absolute atomic E-state index is 0.0161. The zero-order chi connectivity index (χ0) is 27.6. The fourth-order valence-corrected chi connectivity index (χ4v) is 4.34. The van der Waals surface area contributed by atoms with Crippen LogP contribution in [-0.4, -0.2) is 51.8 Å². The van der Waals surface area contributed by atoms with E-state index in [2.05, 4.69) is 20.7 Å². The molecular formula is C27H24N6O5S. The van der Waals surface area contributed by atoms with Gasteiger partial charge < -0.3 is 9.47 Å². The van der Waals surface area contributed by atoms with Crippen LogP contribution in [0.15, 0.2) is 89.1 Å². The van der Waals surface area contributed by atoms with Crippen molar-refractivity contribution in [1.29, 1.82) is 0 Å². The monoisotopic (exact) mass is 544 g/mol. The molecule has 0 atom stereocenters. The minimum Gasteiger partial charge on any atom is -0.493 e. The van der Waals surface area contributed by atoms with Crippen molar-refractivity contribution in [2.75, 3.05) is 20.0 Å². The van der Waals surface area contributed by atoms with Crippen LogP contribution in [0.25, 0.3) is 23.2 Å². The Bertz CT molecular complexity index is 1520. The average molecular weight is 545 g/mol. The molecule has 0 aliphatic rings. The highest BCUT2D eigenvalue weighted by Gasteiger charge is 2.18. The molecule has 0 spiro atoms. The van der Waals surface area contributed by atoms with Crippen LogP contribution in [-0.2, 0) is 4.79 Å². The van der Waals surface area contributed by atoms with Gasteiger partial charge >= 0.3 is 0 Å². The second kappa shape index (κ2) is 13.0. The van der Waals surface area contributed by atoms with Crippen LogP contribution < -0.4 is 14.9 Å². The van der Waals surface area contributed by atoms with E-state index < -0.39 is 4.92 Å². The van der Waals surface area contributed by atoms with E-state index in [1.165, 1.54) is 30.1 Å². The Morgan fingerprint density at radius 2 is 1.79 bits per heavy atom. The van der Waals surface area contributed by atoms with Crippen molar-refractivity contribution in [3.63, 3.8) is 0 Å². The molecule has 0 saturated heterocycles. The van der Waals surface area contributed by atoms with Gasteiger partial charge in [0.1, 0.15) is 0 Å². The number of methoxy groups -OCH3 is 2. The van der Waals surface area contributed by atoms with Crippen molar-refractivity contribution in [2.24, 2.45) is 5.10 Å². The molecule has 1 aromatic heterocycles. The zero-order valence-corrected chi connectivity index (χ0v) is 21.9. The molecule has 4 rings (SSSR count). The predicted octanol–water partition coefficient (Wildman–Crippen LogP) is 4.77. The number of carbonyl (C=O) groups is 1. The van der Waals surface area contributed by atoms with Crippen LogP contribution in [0.3, 0.4) is 0 Å². The number of para-hydroxylation sites is 2. The molecule has 3 aromatic carbocycles. The van der Waals surface area contributed by atoms with Gasteiger partial charge in [0.15, 0.2) is 22.5 Å². The van der Waals surface area contributed by atoms with E-state index >= 15 is 0 Å². The van der Waals surface area contributed by atoms with Crippen molar-refractivity contribution in [3.8, 4) is 28.6 Å². The normalized spacial score (nSPS) is 11.1. The third-order valence-corrected chi connectivity index (χ3v) is 6.31. The molecule has 0 aliphatic heterocycles. The maximum atomic E-state index is 12.4. The number of hydrogen-bond acceptors (Lipinski definition) is 9. The van der Waals surface area contributed by atoms with Gasteiger partial charge in [-0.25, -0.2) is 5.43 Å². The number of carbonyl (C=O) groups excluding carboxylic acids is 1. The number of nitrogens with one attached hydrogen (secondary N) is 1. The first-order valence-corrected chi connectivity index (χ1v) is 12.6. The molecule has 39 heavy (non-hydrogen) atoms. The lowest BCUT2D eigenvalue weighted by molar-refractivity contribution is -0.385. The summed E-state index contributed by atoms with van der Waals surface area (Å²) in [6.45, 7) is 0. The fraction of sp³-hybridized carbons (Fsp3) is 0.111. The molecule has 0 radical (unpaired) electrons. The predicted molar refractivity (Wildman–Crippen MR) is 149 cm³/mol. The maximum absolute atomic E-state index is 12.4. The number of rotatable bonds is 11. The Morgan fingerprint density at radius 3 is 2.54 bits per heavy atom. The first-order valence-electron chi connectivity index (χ1n) is 11.6. The molecule has 0 unspecified atom stereocenters. The number of nitro benzene ring substituents is 1. The molecule has 11 nitrogen and oxygen atoms in total.